The van der Waals surface area contributed by atoms with Crippen LogP contribution in [0.2, 0.25) is 0 Å². The first-order valence-corrected chi connectivity index (χ1v) is 14.6. The summed E-state index contributed by atoms with van der Waals surface area (Å²) in [5.41, 5.74) is 1.84. The standard InChI is InChI=1S/C32H41N5O6/c1-19(2)28(35-29(39)20(3)34-17-27(38)43-32(4,5)6)30(40)36-13-9-12-25(36)21-14-22(16-33-15-21)37-18-24(31(41)42)23-10-7-8-11-26(23)37/h7-8,10-11,14-16,18-20,25,28,34H,9,12-13,17H2,1-6H3,(H,35,39)(H,41,42)/t20-,25-,28-/m0/s1. The normalized spacial score (nSPS) is 16.7. The molecule has 1 aromatic carbocycles. The Morgan fingerprint density at radius 1 is 1.12 bits per heavy atom. The molecule has 3 aromatic rings. The monoisotopic (exact) mass is 591 g/mol. The largest absolute Gasteiger partial charge is 0.478 e. The maximum absolute atomic E-state index is 13.9. The number of carboxylic acids is 1. The number of rotatable bonds is 10. The number of carbonyl (C=O) groups is 4. The van der Waals surface area contributed by atoms with Gasteiger partial charge in [0.2, 0.25) is 11.8 Å². The second-order valence-corrected chi connectivity index (χ2v) is 12.3. The number of ether oxygens (including phenoxy) is 1. The minimum absolute atomic E-state index is 0.131. The highest BCUT2D eigenvalue weighted by molar-refractivity contribution is 6.04. The summed E-state index contributed by atoms with van der Waals surface area (Å²) in [4.78, 5) is 57.1. The smallest absolute Gasteiger partial charge is 0.337 e. The Morgan fingerprint density at radius 3 is 2.51 bits per heavy atom. The lowest BCUT2D eigenvalue weighted by Crippen LogP contribution is -2.55. The average molecular weight is 592 g/mol. The van der Waals surface area contributed by atoms with E-state index in [9.17, 15) is 24.3 Å². The summed E-state index contributed by atoms with van der Waals surface area (Å²) in [6, 6.07) is 7.50. The lowest BCUT2D eigenvalue weighted by molar-refractivity contribution is -0.153. The summed E-state index contributed by atoms with van der Waals surface area (Å²) in [5, 5.41) is 16.1. The van der Waals surface area contributed by atoms with Crippen molar-refractivity contribution in [3.05, 3.63) is 60.0 Å². The number of fused-ring (bicyclic) bond motifs is 1. The number of hydrogen-bond acceptors (Lipinski definition) is 7. The molecule has 0 bridgehead atoms. The fraction of sp³-hybridized carbons (Fsp3) is 0.469. The molecular weight excluding hydrogens is 550 g/mol. The summed E-state index contributed by atoms with van der Waals surface area (Å²) in [5.74, 6) is -2.23. The lowest BCUT2D eigenvalue weighted by Gasteiger charge is -2.32. The van der Waals surface area contributed by atoms with Crippen molar-refractivity contribution in [2.24, 2.45) is 5.92 Å². The molecular formula is C32H41N5O6. The van der Waals surface area contributed by atoms with E-state index in [0.29, 0.717) is 17.6 Å². The van der Waals surface area contributed by atoms with E-state index in [2.05, 4.69) is 15.6 Å². The van der Waals surface area contributed by atoms with Crippen LogP contribution in [0.15, 0.2) is 48.9 Å². The first-order valence-electron chi connectivity index (χ1n) is 14.6. The van der Waals surface area contributed by atoms with E-state index in [1.807, 2.05) is 32.0 Å². The maximum atomic E-state index is 13.9. The highest BCUT2D eigenvalue weighted by Gasteiger charge is 2.37. The molecule has 0 aliphatic carbocycles. The number of likely N-dealkylation sites (tertiary alicyclic amines) is 1. The molecule has 3 atom stereocenters. The Morgan fingerprint density at radius 2 is 1.84 bits per heavy atom. The summed E-state index contributed by atoms with van der Waals surface area (Å²) >= 11 is 0. The molecule has 0 unspecified atom stereocenters. The minimum Gasteiger partial charge on any atom is -0.478 e. The first kappa shape index (κ1) is 31.7. The Labute approximate surface area is 251 Å². The number of para-hydroxylation sites is 1. The van der Waals surface area contributed by atoms with Crippen molar-refractivity contribution in [1.82, 2.24) is 25.1 Å². The van der Waals surface area contributed by atoms with Crippen LogP contribution in [-0.4, -0.2) is 74.1 Å². The van der Waals surface area contributed by atoms with Gasteiger partial charge in [0, 0.05) is 24.3 Å². The molecule has 1 saturated heterocycles. The van der Waals surface area contributed by atoms with Gasteiger partial charge in [0.1, 0.15) is 11.6 Å². The Kier molecular flexibility index (Phi) is 9.54. The predicted molar refractivity (Wildman–Crippen MR) is 162 cm³/mol. The second kappa shape index (κ2) is 12.9. The Balaban J connectivity index is 1.51. The van der Waals surface area contributed by atoms with Crippen molar-refractivity contribution in [2.75, 3.05) is 13.1 Å². The number of esters is 1. The molecule has 1 aliphatic rings. The van der Waals surface area contributed by atoms with Gasteiger partial charge in [-0.3, -0.25) is 24.7 Å². The van der Waals surface area contributed by atoms with Crippen LogP contribution >= 0.6 is 0 Å². The zero-order valence-corrected chi connectivity index (χ0v) is 25.6. The molecule has 3 N–H and O–H groups in total. The summed E-state index contributed by atoms with van der Waals surface area (Å²) in [6.07, 6.45) is 6.52. The quantitative estimate of drug-likeness (QED) is 0.302. The fourth-order valence-corrected chi connectivity index (χ4v) is 5.38. The number of aromatic nitrogens is 2. The van der Waals surface area contributed by atoms with Gasteiger partial charge in [0.05, 0.1) is 41.6 Å². The number of pyridine rings is 1. The first-order chi connectivity index (χ1) is 20.3. The Hall–Kier alpha value is -4.25. The zero-order chi connectivity index (χ0) is 31.5. The molecule has 0 spiro atoms. The van der Waals surface area contributed by atoms with Gasteiger partial charge in [-0.1, -0.05) is 32.0 Å². The topological polar surface area (TPSA) is 143 Å². The molecule has 0 saturated carbocycles. The van der Waals surface area contributed by atoms with E-state index in [1.54, 1.807) is 67.9 Å². The van der Waals surface area contributed by atoms with E-state index < -0.39 is 29.6 Å². The minimum atomic E-state index is -1.01. The fourth-order valence-electron chi connectivity index (χ4n) is 5.38. The van der Waals surface area contributed by atoms with Crippen LogP contribution in [0.25, 0.3) is 16.6 Å². The van der Waals surface area contributed by atoms with Gasteiger partial charge in [-0.05, 0) is 64.2 Å². The molecule has 230 valence electrons. The van der Waals surface area contributed by atoms with Crippen LogP contribution in [0.5, 0.6) is 0 Å². The molecule has 0 radical (unpaired) electrons. The molecule has 3 heterocycles. The second-order valence-electron chi connectivity index (χ2n) is 12.3. The van der Waals surface area contributed by atoms with Crippen molar-refractivity contribution < 1.29 is 29.0 Å². The summed E-state index contributed by atoms with van der Waals surface area (Å²) in [7, 11) is 0. The van der Waals surface area contributed by atoms with E-state index in [4.69, 9.17) is 4.74 Å². The van der Waals surface area contributed by atoms with Crippen LogP contribution < -0.4 is 10.6 Å². The van der Waals surface area contributed by atoms with Gasteiger partial charge in [0.15, 0.2) is 0 Å². The van der Waals surface area contributed by atoms with Crippen molar-refractivity contribution in [3.8, 4) is 5.69 Å². The maximum Gasteiger partial charge on any atom is 0.337 e. The molecule has 11 nitrogen and oxygen atoms in total. The molecule has 2 aromatic heterocycles. The van der Waals surface area contributed by atoms with Crippen LogP contribution in [0.3, 0.4) is 0 Å². The van der Waals surface area contributed by atoms with E-state index in [1.165, 1.54) is 0 Å². The number of amides is 2. The number of benzene rings is 1. The molecule has 43 heavy (non-hydrogen) atoms. The average Bonchev–Trinajstić information content (AvgIpc) is 3.59. The van der Waals surface area contributed by atoms with Crippen LogP contribution in [-0.2, 0) is 19.1 Å². The summed E-state index contributed by atoms with van der Waals surface area (Å²) < 4.78 is 7.09. The zero-order valence-electron chi connectivity index (χ0n) is 25.6. The highest BCUT2D eigenvalue weighted by atomic mass is 16.6. The van der Waals surface area contributed by atoms with Crippen LogP contribution in [0, 0.1) is 5.92 Å². The van der Waals surface area contributed by atoms with E-state index in [-0.39, 0.29) is 35.9 Å². The number of hydrogen-bond donors (Lipinski definition) is 3. The SMILES string of the molecule is CC(C)[C@H](NC(=O)[C@H](C)NCC(=O)OC(C)(C)C)C(=O)N1CCC[C@H]1c1cncc(-n2cc(C(=O)O)c3ccccc32)c1. The van der Waals surface area contributed by atoms with Crippen molar-refractivity contribution in [1.29, 1.82) is 0 Å². The molecule has 1 aliphatic heterocycles. The highest BCUT2D eigenvalue weighted by Crippen LogP contribution is 2.34. The van der Waals surface area contributed by atoms with Gasteiger partial charge in [-0.15, -0.1) is 0 Å². The van der Waals surface area contributed by atoms with Crippen LogP contribution in [0.1, 0.15) is 76.3 Å². The number of nitrogens with one attached hydrogen (secondary N) is 2. The third kappa shape index (κ3) is 7.40. The van der Waals surface area contributed by atoms with Gasteiger partial charge in [0.25, 0.3) is 0 Å². The van der Waals surface area contributed by atoms with Gasteiger partial charge in [-0.25, -0.2) is 4.79 Å². The van der Waals surface area contributed by atoms with Crippen molar-refractivity contribution in [3.63, 3.8) is 0 Å². The molecule has 4 rings (SSSR count). The predicted octanol–water partition coefficient (Wildman–Crippen LogP) is 3.85. The number of nitrogens with zero attached hydrogens (tertiary/aromatic N) is 3. The van der Waals surface area contributed by atoms with Gasteiger partial charge >= 0.3 is 11.9 Å². The van der Waals surface area contributed by atoms with Gasteiger partial charge in [-0.2, -0.15) is 0 Å². The molecule has 1 fully saturated rings. The van der Waals surface area contributed by atoms with Crippen LogP contribution in [0.4, 0.5) is 0 Å². The molecule has 2 amide bonds. The number of carbonyl (C=O) groups excluding carboxylic acids is 3. The van der Waals surface area contributed by atoms with E-state index in [0.717, 1.165) is 23.9 Å². The lowest BCUT2D eigenvalue weighted by atomic mass is 10.00. The third-order valence-corrected chi connectivity index (χ3v) is 7.48. The Bertz CT molecular complexity index is 1510. The van der Waals surface area contributed by atoms with Crippen molar-refractivity contribution in [2.45, 2.75) is 78.1 Å². The van der Waals surface area contributed by atoms with E-state index >= 15 is 0 Å². The number of carboxylic acid groups (broad SMARTS) is 1. The van der Waals surface area contributed by atoms with Gasteiger partial charge < -0.3 is 24.6 Å². The third-order valence-electron chi connectivity index (χ3n) is 7.48. The van der Waals surface area contributed by atoms with Crippen molar-refractivity contribution >= 4 is 34.7 Å². The summed E-state index contributed by atoms with van der Waals surface area (Å²) in [6.45, 7) is 11.1. The number of aromatic carboxylic acids is 1. The molecule has 11 heteroatoms.